The highest BCUT2D eigenvalue weighted by atomic mass is 16.1. The van der Waals surface area contributed by atoms with Gasteiger partial charge in [0, 0.05) is 12.6 Å². The Labute approximate surface area is 103 Å². The van der Waals surface area contributed by atoms with E-state index in [1.54, 1.807) is 18.5 Å². The summed E-state index contributed by atoms with van der Waals surface area (Å²) in [5.41, 5.74) is 2.87. The van der Waals surface area contributed by atoms with E-state index in [2.05, 4.69) is 15.0 Å². The summed E-state index contributed by atoms with van der Waals surface area (Å²) in [6.45, 7) is 0. The summed E-state index contributed by atoms with van der Waals surface area (Å²) < 4.78 is 0. The molecule has 4 nitrogen and oxygen atoms in total. The van der Waals surface area contributed by atoms with Crippen LogP contribution in [0.4, 0.5) is 0 Å². The van der Waals surface area contributed by atoms with Crippen molar-refractivity contribution in [3.63, 3.8) is 0 Å². The average molecular weight is 237 g/mol. The highest BCUT2D eigenvalue weighted by Crippen LogP contribution is 2.07. The van der Waals surface area contributed by atoms with E-state index >= 15 is 0 Å². The topological polar surface area (TPSA) is 58.6 Å². The lowest BCUT2D eigenvalue weighted by Gasteiger charge is -2.02. The zero-order chi connectivity index (χ0) is 12.4. The summed E-state index contributed by atoms with van der Waals surface area (Å²) in [4.78, 5) is 23.0. The molecule has 0 radical (unpaired) electrons. The first kappa shape index (κ1) is 10.7. The molecule has 0 aliphatic heterocycles. The molecular formula is C14H11N3O. The van der Waals surface area contributed by atoms with Gasteiger partial charge in [-0.3, -0.25) is 9.78 Å². The Morgan fingerprint density at radius 2 is 1.94 bits per heavy atom. The van der Waals surface area contributed by atoms with Gasteiger partial charge in [-0.1, -0.05) is 30.3 Å². The second-order valence-electron chi connectivity index (χ2n) is 4.07. The van der Waals surface area contributed by atoms with Crippen LogP contribution in [-0.4, -0.2) is 15.0 Å². The number of nitrogens with zero attached hydrogens (tertiary/aromatic N) is 2. The Morgan fingerprint density at radius 1 is 1.11 bits per heavy atom. The van der Waals surface area contributed by atoms with Gasteiger partial charge in [0.05, 0.1) is 17.2 Å². The lowest BCUT2D eigenvalue weighted by molar-refractivity contribution is 1.02. The lowest BCUT2D eigenvalue weighted by atomic mass is 10.1. The van der Waals surface area contributed by atoms with E-state index in [1.165, 1.54) is 0 Å². The molecule has 88 valence electrons. The third-order valence-electron chi connectivity index (χ3n) is 2.78. The fraction of sp³-hybridized carbons (Fsp3) is 0.0714. The fourth-order valence-electron chi connectivity index (χ4n) is 1.88. The second kappa shape index (κ2) is 4.41. The van der Waals surface area contributed by atoms with Crippen LogP contribution < -0.4 is 5.56 Å². The van der Waals surface area contributed by atoms with Crippen molar-refractivity contribution in [2.24, 2.45) is 0 Å². The summed E-state index contributed by atoms with van der Waals surface area (Å²) in [5, 5.41) is 0. The van der Waals surface area contributed by atoms with Gasteiger partial charge in [0.15, 0.2) is 0 Å². The van der Waals surface area contributed by atoms with E-state index in [0.29, 0.717) is 17.6 Å². The maximum atomic E-state index is 11.9. The Hall–Kier alpha value is -2.49. The van der Waals surface area contributed by atoms with Gasteiger partial charge >= 0.3 is 0 Å². The molecule has 1 N–H and O–H groups in total. The van der Waals surface area contributed by atoms with Gasteiger partial charge in [-0.2, -0.15) is 0 Å². The summed E-state index contributed by atoms with van der Waals surface area (Å²) in [5.74, 6) is 0. The van der Waals surface area contributed by atoms with E-state index in [4.69, 9.17) is 0 Å². The number of rotatable bonds is 2. The Bertz CT molecular complexity index is 735. The largest absolute Gasteiger partial charge is 0.318 e. The number of nitrogens with one attached hydrogen (secondary N) is 1. The second-order valence-corrected chi connectivity index (χ2v) is 4.07. The van der Waals surface area contributed by atoms with Crippen LogP contribution in [0.2, 0.25) is 0 Å². The van der Waals surface area contributed by atoms with Gasteiger partial charge in [-0.15, -0.1) is 0 Å². The van der Waals surface area contributed by atoms with Gasteiger partial charge < -0.3 is 4.98 Å². The molecule has 3 aromatic rings. The van der Waals surface area contributed by atoms with Gasteiger partial charge in [-0.25, -0.2) is 4.98 Å². The van der Waals surface area contributed by atoms with Crippen molar-refractivity contribution in [2.75, 3.05) is 0 Å². The number of hydrogen-bond acceptors (Lipinski definition) is 3. The van der Waals surface area contributed by atoms with E-state index in [9.17, 15) is 4.79 Å². The Morgan fingerprint density at radius 3 is 2.78 bits per heavy atom. The molecule has 2 heterocycles. The van der Waals surface area contributed by atoms with Crippen LogP contribution in [0.25, 0.3) is 11.0 Å². The van der Waals surface area contributed by atoms with Crippen LogP contribution in [0.5, 0.6) is 0 Å². The molecule has 0 fully saturated rings. The zero-order valence-corrected chi connectivity index (χ0v) is 9.63. The zero-order valence-electron chi connectivity index (χ0n) is 9.63. The normalized spacial score (nSPS) is 10.7. The van der Waals surface area contributed by atoms with Gasteiger partial charge in [0.25, 0.3) is 5.56 Å². The number of fused-ring (bicyclic) bond motifs is 1. The molecule has 0 bridgehead atoms. The summed E-state index contributed by atoms with van der Waals surface area (Å²) >= 11 is 0. The minimum atomic E-state index is -0.153. The van der Waals surface area contributed by atoms with Crippen molar-refractivity contribution in [1.29, 1.82) is 0 Å². The number of pyridine rings is 1. The highest BCUT2D eigenvalue weighted by molar-refractivity contribution is 5.72. The first-order valence-corrected chi connectivity index (χ1v) is 5.70. The summed E-state index contributed by atoms with van der Waals surface area (Å²) in [6, 6.07) is 11.6. The molecule has 0 amide bonds. The van der Waals surface area contributed by atoms with Crippen molar-refractivity contribution in [3.05, 3.63) is 70.4 Å². The molecular weight excluding hydrogens is 226 g/mol. The van der Waals surface area contributed by atoms with Crippen molar-refractivity contribution in [3.8, 4) is 0 Å². The number of H-pyrrole nitrogens is 1. The monoisotopic (exact) mass is 237 g/mol. The molecule has 0 unspecified atom stereocenters. The minimum Gasteiger partial charge on any atom is -0.318 e. The van der Waals surface area contributed by atoms with Crippen LogP contribution in [0, 0.1) is 0 Å². The quantitative estimate of drug-likeness (QED) is 0.740. The molecule has 3 rings (SSSR count). The molecule has 1 aromatic carbocycles. The first-order chi connectivity index (χ1) is 8.83. The van der Waals surface area contributed by atoms with Gasteiger partial charge in [0.2, 0.25) is 0 Å². The van der Waals surface area contributed by atoms with E-state index in [1.807, 2.05) is 30.3 Å². The van der Waals surface area contributed by atoms with E-state index < -0.39 is 0 Å². The van der Waals surface area contributed by atoms with Crippen LogP contribution in [0.15, 0.2) is 53.6 Å². The molecule has 0 saturated heterocycles. The number of aromatic amines is 1. The Kier molecular flexibility index (Phi) is 2.61. The maximum absolute atomic E-state index is 11.9. The molecule has 2 aromatic heterocycles. The lowest BCUT2D eigenvalue weighted by Crippen LogP contribution is -2.15. The predicted octanol–water partition coefficient (Wildman–Crippen LogP) is 1.91. The summed E-state index contributed by atoms with van der Waals surface area (Å²) in [6.07, 6.45) is 3.81. The third kappa shape index (κ3) is 2.00. The van der Waals surface area contributed by atoms with Crippen molar-refractivity contribution < 1.29 is 0 Å². The fourth-order valence-corrected chi connectivity index (χ4v) is 1.88. The minimum absolute atomic E-state index is 0.153. The molecule has 0 aliphatic rings. The van der Waals surface area contributed by atoms with Gasteiger partial charge in [0.1, 0.15) is 5.69 Å². The van der Waals surface area contributed by atoms with E-state index in [0.717, 1.165) is 11.1 Å². The molecule has 0 spiro atoms. The molecule has 0 atom stereocenters. The van der Waals surface area contributed by atoms with Crippen molar-refractivity contribution in [2.45, 2.75) is 6.42 Å². The number of hydrogen-bond donors (Lipinski definition) is 1. The van der Waals surface area contributed by atoms with Crippen molar-refractivity contribution in [1.82, 2.24) is 15.0 Å². The van der Waals surface area contributed by atoms with Crippen LogP contribution in [-0.2, 0) is 6.42 Å². The maximum Gasteiger partial charge on any atom is 0.270 e. The number of aromatic nitrogens is 3. The van der Waals surface area contributed by atoms with Crippen molar-refractivity contribution >= 4 is 11.0 Å². The van der Waals surface area contributed by atoms with E-state index in [-0.39, 0.29) is 5.56 Å². The smallest absolute Gasteiger partial charge is 0.270 e. The molecule has 0 aliphatic carbocycles. The number of benzene rings is 1. The van der Waals surface area contributed by atoms with Crippen LogP contribution in [0.3, 0.4) is 0 Å². The van der Waals surface area contributed by atoms with Crippen LogP contribution in [0.1, 0.15) is 11.3 Å². The third-order valence-corrected chi connectivity index (χ3v) is 2.78. The molecule has 4 heteroatoms. The molecule has 0 saturated carbocycles. The SMILES string of the molecule is O=c1[nH]c2cnccc2nc1Cc1ccccc1. The standard InChI is InChI=1S/C14H11N3O/c18-14-12(8-10-4-2-1-3-5-10)16-11-6-7-15-9-13(11)17-14/h1-7,9H,8H2,(H,17,18). The Balaban J connectivity index is 2.07. The van der Waals surface area contributed by atoms with Crippen LogP contribution >= 0.6 is 0 Å². The predicted molar refractivity (Wildman–Crippen MR) is 69.4 cm³/mol. The highest BCUT2D eigenvalue weighted by Gasteiger charge is 2.05. The average Bonchev–Trinajstić information content (AvgIpc) is 2.41. The summed E-state index contributed by atoms with van der Waals surface area (Å²) in [7, 11) is 0. The van der Waals surface area contributed by atoms with Gasteiger partial charge in [-0.05, 0) is 11.6 Å². The molecule has 18 heavy (non-hydrogen) atoms. The first-order valence-electron chi connectivity index (χ1n) is 5.70.